The molecule has 0 aliphatic rings. The Morgan fingerprint density at radius 1 is 1.00 bits per heavy atom. The SMILES string of the molecule is COP(OCCCNC(=O)c1cc(SC(C)=O)cc(SC(C)=O)c1)N(C(C)C)C(C)C. The average molecular weight is 489 g/mol. The van der Waals surface area contributed by atoms with E-state index in [0.29, 0.717) is 47.0 Å². The summed E-state index contributed by atoms with van der Waals surface area (Å²) in [7, 11) is 0.496. The number of hydrogen-bond acceptors (Lipinski definition) is 8. The molecule has 0 bridgehead atoms. The van der Waals surface area contributed by atoms with Gasteiger partial charge < -0.3 is 14.4 Å². The summed E-state index contributed by atoms with van der Waals surface area (Å²) in [6, 6.07) is 5.66. The predicted molar refractivity (Wildman–Crippen MR) is 128 cm³/mol. The van der Waals surface area contributed by atoms with Gasteiger partial charge in [-0.25, -0.2) is 4.67 Å². The van der Waals surface area contributed by atoms with Crippen LogP contribution in [0.2, 0.25) is 0 Å². The summed E-state index contributed by atoms with van der Waals surface area (Å²) >= 11 is 2.07. The molecule has 0 saturated heterocycles. The monoisotopic (exact) mass is 488 g/mol. The molecule has 1 aromatic rings. The standard InChI is InChI=1S/C21H33N2O5PS2/c1-14(2)23(15(3)4)29(27-7)28-10-8-9-22-21(26)18-11-19(30-16(5)24)13-20(12-18)31-17(6)25/h11-15H,8-10H2,1-7H3,(H,22,26). The second kappa shape index (κ2) is 14.2. The van der Waals surface area contributed by atoms with E-state index in [-0.39, 0.29) is 16.1 Å². The number of carbonyl (C=O) groups excluding carboxylic acids is 3. The van der Waals surface area contributed by atoms with E-state index in [9.17, 15) is 14.4 Å². The molecule has 7 nitrogen and oxygen atoms in total. The summed E-state index contributed by atoms with van der Waals surface area (Å²) in [4.78, 5) is 36.8. The zero-order chi connectivity index (χ0) is 23.6. The van der Waals surface area contributed by atoms with Crippen molar-refractivity contribution in [3.63, 3.8) is 0 Å². The van der Waals surface area contributed by atoms with Gasteiger partial charge in [-0.2, -0.15) is 0 Å². The maximum Gasteiger partial charge on any atom is 0.258 e. The maximum absolute atomic E-state index is 12.6. The lowest BCUT2D eigenvalue weighted by Gasteiger charge is -2.34. The van der Waals surface area contributed by atoms with Gasteiger partial charge in [0.1, 0.15) is 0 Å². The minimum Gasteiger partial charge on any atom is -0.352 e. The van der Waals surface area contributed by atoms with Gasteiger partial charge in [0.05, 0.1) is 6.61 Å². The Hall–Kier alpha value is -0.960. The van der Waals surface area contributed by atoms with Crippen LogP contribution in [0.25, 0.3) is 0 Å². The second-order valence-electron chi connectivity index (χ2n) is 7.31. The van der Waals surface area contributed by atoms with Crippen molar-refractivity contribution in [2.24, 2.45) is 0 Å². The molecule has 0 heterocycles. The number of rotatable bonds is 12. The molecule has 0 spiro atoms. The number of hydrogen-bond donors (Lipinski definition) is 1. The number of carbonyl (C=O) groups is 3. The lowest BCUT2D eigenvalue weighted by atomic mass is 10.2. The van der Waals surface area contributed by atoms with Crippen LogP contribution in [0.4, 0.5) is 0 Å². The summed E-state index contributed by atoms with van der Waals surface area (Å²) in [6.45, 7) is 12.2. The van der Waals surface area contributed by atoms with Gasteiger partial charge in [0.2, 0.25) is 0 Å². The predicted octanol–water partition coefficient (Wildman–Crippen LogP) is 5.09. The molecule has 1 atom stereocenters. The largest absolute Gasteiger partial charge is 0.352 e. The van der Waals surface area contributed by atoms with Crippen molar-refractivity contribution in [1.82, 2.24) is 9.99 Å². The third-order valence-corrected chi connectivity index (χ3v) is 7.41. The van der Waals surface area contributed by atoms with Crippen LogP contribution in [0.1, 0.15) is 58.3 Å². The van der Waals surface area contributed by atoms with Crippen LogP contribution in [0.3, 0.4) is 0 Å². The zero-order valence-electron chi connectivity index (χ0n) is 19.3. The lowest BCUT2D eigenvalue weighted by molar-refractivity contribution is -0.109. The van der Waals surface area contributed by atoms with Crippen LogP contribution in [0, 0.1) is 0 Å². The quantitative estimate of drug-likeness (QED) is 0.247. The van der Waals surface area contributed by atoms with Gasteiger partial charge in [-0.15, -0.1) is 0 Å². The van der Waals surface area contributed by atoms with Gasteiger partial charge in [-0.05, 0) is 52.3 Å². The van der Waals surface area contributed by atoms with Crippen molar-refractivity contribution in [3.05, 3.63) is 23.8 Å². The summed E-state index contributed by atoms with van der Waals surface area (Å²) in [5, 5.41) is 2.71. The van der Waals surface area contributed by atoms with Gasteiger partial charge in [0, 0.05) is 54.9 Å². The highest BCUT2D eigenvalue weighted by Gasteiger charge is 2.25. The van der Waals surface area contributed by atoms with E-state index >= 15 is 0 Å². The fourth-order valence-electron chi connectivity index (χ4n) is 2.86. The van der Waals surface area contributed by atoms with Gasteiger partial charge in [-0.1, -0.05) is 23.5 Å². The number of nitrogens with zero attached hydrogens (tertiary/aromatic N) is 1. The van der Waals surface area contributed by atoms with Crippen molar-refractivity contribution in [1.29, 1.82) is 0 Å². The Bertz CT molecular complexity index is 719. The van der Waals surface area contributed by atoms with Crippen molar-refractivity contribution in [2.75, 3.05) is 20.3 Å². The molecular weight excluding hydrogens is 455 g/mol. The molecule has 0 radical (unpaired) electrons. The molecule has 0 saturated carbocycles. The van der Waals surface area contributed by atoms with Gasteiger partial charge >= 0.3 is 0 Å². The van der Waals surface area contributed by atoms with E-state index in [0.717, 1.165) is 23.5 Å². The molecule has 0 aromatic heterocycles. The Balaban J connectivity index is 2.65. The summed E-state index contributed by atoms with van der Waals surface area (Å²) in [6.07, 6.45) is 0.634. The molecule has 1 unspecified atom stereocenters. The molecule has 1 aromatic carbocycles. The molecule has 1 rings (SSSR count). The zero-order valence-corrected chi connectivity index (χ0v) is 21.8. The van der Waals surface area contributed by atoms with Crippen LogP contribution < -0.4 is 5.32 Å². The maximum atomic E-state index is 12.6. The molecule has 174 valence electrons. The molecule has 0 aliphatic carbocycles. The van der Waals surface area contributed by atoms with Crippen molar-refractivity contribution in [2.45, 2.75) is 69.8 Å². The van der Waals surface area contributed by atoms with E-state index in [4.69, 9.17) is 9.05 Å². The van der Waals surface area contributed by atoms with Crippen LogP contribution in [-0.4, -0.2) is 53.2 Å². The fraction of sp³-hybridized carbons (Fsp3) is 0.571. The van der Waals surface area contributed by atoms with E-state index in [1.54, 1.807) is 25.3 Å². The van der Waals surface area contributed by atoms with Gasteiger partial charge in [0.15, 0.2) is 10.2 Å². The summed E-state index contributed by atoms with van der Waals surface area (Å²) < 4.78 is 13.7. The second-order valence-corrected chi connectivity index (χ2v) is 11.4. The number of nitrogens with one attached hydrogen (secondary N) is 1. The van der Waals surface area contributed by atoms with Crippen LogP contribution in [0.5, 0.6) is 0 Å². The van der Waals surface area contributed by atoms with Crippen molar-refractivity contribution in [3.8, 4) is 0 Å². The Labute approximate surface area is 195 Å². The molecule has 1 N–H and O–H groups in total. The molecule has 1 amide bonds. The summed E-state index contributed by atoms with van der Waals surface area (Å²) in [5.74, 6) is -0.253. The first-order valence-electron chi connectivity index (χ1n) is 10.1. The lowest BCUT2D eigenvalue weighted by Crippen LogP contribution is -2.33. The molecule has 0 aliphatic heterocycles. The Morgan fingerprint density at radius 2 is 1.52 bits per heavy atom. The number of thioether (sulfide) groups is 2. The minimum atomic E-state index is -1.15. The normalized spacial score (nSPS) is 12.5. The highest BCUT2D eigenvalue weighted by Crippen LogP contribution is 2.44. The van der Waals surface area contributed by atoms with E-state index < -0.39 is 8.53 Å². The van der Waals surface area contributed by atoms with Crippen LogP contribution >= 0.6 is 32.0 Å². The topological polar surface area (TPSA) is 84.9 Å². The molecule has 0 fully saturated rings. The van der Waals surface area contributed by atoms with E-state index in [1.807, 2.05) is 0 Å². The highest BCUT2D eigenvalue weighted by atomic mass is 32.2. The first kappa shape index (κ1) is 28.1. The third kappa shape index (κ3) is 10.5. The third-order valence-electron chi connectivity index (χ3n) is 3.88. The summed E-state index contributed by atoms with van der Waals surface area (Å²) in [5.41, 5.74) is 0.417. The molecular formula is C21H33N2O5PS2. The Kier molecular flexibility index (Phi) is 12.9. The first-order valence-corrected chi connectivity index (χ1v) is 12.9. The van der Waals surface area contributed by atoms with Crippen LogP contribution in [-0.2, 0) is 18.6 Å². The average Bonchev–Trinajstić information content (AvgIpc) is 2.64. The van der Waals surface area contributed by atoms with Gasteiger partial charge in [-0.3, -0.25) is 14.4 Å². The van der Waals surface area contributed by atoms with E-state index in [1.165, 1.54) is 13.8 Å². The Morgan fingerprint density at radius 3 is 1.94 bits per heavy atom. The smallest absolute Gasteiger partial charge is 0.258 e. The first-order chi connectivity index (χ1) is 14.5. The number of amides is 1. The van der Waals surface area contributed by atoms with Crippen molar-refractivity contribution < 1.29 is 23.4 Å². The van der Waals surface area contributed by atoms with Crippen molar-refractivity contribution >= 4 is 48.2 Å². The highest BCUT2D eigenvalue weighted by molar-refractivity contribution is 8.14. The molecule has 10 heteroatoms. The minimum absolute atomic E-state index is 0.0834. The van der Waals surface area contributed by atoms with Gasteiger partial charge in [0.25, 0.3) is 14.4 Å². The fourth-order valence-corrected chi connectivity index (χ4v) is 5.81. The van der Waals surface area contributed by atoms with E-state index in [2.05, 4.69) is 37.7 Å². The number of benzene rings is 1. The van der Waals surface area contributed by atoms with Crippen LogP contribution in [0.15, 0.2) is 28.0 Å². The molecule has 31 heavy (non-hydrogen) atoms.